The fourth-order valence-corrected chi connectivity index (χ4v) is 4.25. The second-order valence-corrected chi connectivity index (χ2v) is 7.80. The van der Waals surface area contributed by atoms with Gasteiger partial charge in [0.15, 0.2) is 0 Å². The van der Waals surface area contributed by atoms with E-state index in [9.17, 15) is 13.5 Å². The van der Waals surface area contributed by atoms with Crippen LogP contribution in [0.5, 0.6) is 0 Å². The van der Waals surface area contributed by atoms with Gasteiger partial charge in [-0.3, -0.25) is 0 Å². The minimum absolute atomic E-state index is 0.0761. The van der Waals surface area contributed by atoms with Crippen LogP contribution in [0.4, 0.5) is 0 Å². The third-order valence-electron chi connectivity index (χ3n) is 4.48. The van der Waals surface area contributed by atoms with Crippen molar-refractivity contribution in [2.24, 2.45) is 11.8 Å². The summed E-state index contributed by atoms with van der Waals surface area (Å²) in [6.07, 6.45) is 5.38. The largest absolute Gasteiger partial charge is 0.393 e. The number of aliphatic hydroxyl groups is 1. The normalized spacial score (nSPS) is 31.5. The molecule has 0 amide bonds. The van der Waals surface area contributed by atoms with Crippen molar-refractivity contribution in [1.29, 1.82) is 0 Å². The van der Waals surface area contributed by atoms with Crippen molar-refractivity contribution in [3.63, 3.8) is 0 Å². The molecule has 6 heteroatoms. The molecule has 2 rings (SSSR count). The number of piperidine rings is 1. The molecule has 0 bridgehead atoms. The average molecular weight is 290 g/mol. The molecule has 1 aliphatic heterocycles. The van der Waals surface area contributed by atoms with Gasteiger partial charge >= 0.3 is 0 Å². The lowest BCUT2D eigenvalue weighted by atomic mass is 9.87. The predicted octanol–water partition coefficient (Wildman–Crippen LogP) is 1.10. The first-order valence-corrected chi connectivity index (χ1v) is 8.86. The van der Waals surface area contributed by atoms with Crippen LogP contribution in [-0.4, -0.2) is 43.6 Å². The highest BCUT2D eigenvalue weighted by Gasteiger charge is 2.29. The quantitative estimate of drug-likeness (QED) is 0.814. The highest BCUT2D eigenvalue weighted by atomic mass is 32.2. The fraction of sp³-hybridized carbons (Fsp3) is 1.00. The van der Waals surface area contributed by atoms with Crippen LogP contribution in [0, 0.1) is 11.8 Å². The highest BCUT2D eigenvalue weighted by molar-refractivity contribution is 7.87. The summed E-state index contributed by atoms with van der Waals surface area (Å²) in [6, 6.07) is 0. The zero-order chi connectivity index (χ0) is 13.9. The van der Waals surface area contributed by atoms with Crippen LogP contribution in [0.2, 0.25) is 0 Å². The highest BCUT2D eigenvalue weighted by Crippen LogP contribution is 2.24. The van der Waals surface area contributed by atoms with Gasteiger partial charge in [-0.2, -0.15) is 12.7 Å². The molecule has 2 atom stereocenters. The molecule has 2 unspecified atom stereocenters. The Labute approximate surface area is 116 Å². The molecule has 2 aliphatic rings. The molecule has 1 aliphatic carbocycles. The molecule has 2 N–H and O–H groups in total. The zero-order valence-electron chi connectivity index (χ0n) is 11.7. The van der Waals surface area contributed by atoms with Gasteiger partial charge in [0, 0.05) is 19.6 Å². The van der Waals surface area contributed by atoms with Crippen molar-refractivity contribution in [2.45, 2.75) is 51.6 Å². The lowest BCUT2D eigenvalue weighted by Crippen LogP contribution is -2.47. The second-order valence-electron chi connectivity index (χ2n) is 6.05. The Morgan fingerprint density at radius 1 is 1.16 bits per heavy atom. The van der Waals surface area contributed by atoms with E-state index in [1.165, 1.54) is 0 Å². The van der Waals surface area contributed by atoms with Crippen LogP contribution in [0.15, 0.2) is 0 Å². The van der Waals surface area contributed by atoms with Crippen molar-refractivity contribution in [2.75, 3.05) is 19.6 Å². The summed E-state index contributed by atoms with van der Waals surface area (Å²) in [7, 11) is -3.36. The molecule has 19 heavy (non-hydrogen) atoms. The van der Waals surface area contributed by atoms with Gasteiger partial charge in [0.1, 0.15) is 0 Å². The van der Waals surface area contributed by atoms with Crippen LogP contribution in [0.3, 0.4) is 0 Å². The number of aliphatic hydroxyl groups excluding tert-OH is 1. The van der Waals surface area contributed by atoms with E-state index in [1.807, 2.05) is 0 Å². The molecule has 2 fully saturated rings. The molecular formula is C13H26N2O3S. The molecule has 0 aromatic heterocycles. The minimum Gasteiger partial charge on any atom is -0.393 e. The summed E-state index contributed by atoms with van der Waals surface area (Å²) in [5.74, 6) is 0.693. The molecule has 112 valence electrons. The Morgan fingerprint density at radius 3 is 2.42 bits per heavy atom. The number of hydrogen-bond donors (Lipinski definition) is 2. The lowest BCUT2D eigenvalue weighted by Gasteiger charge is -2.31. The topological polar surface area (TPSA) is 69.6 Å². The standard InChI is InChI=1S/C13H26N2O3S/c1-11-6-8-15(9-7-11)19(17,18)14-10-12-4-2-3-5-13(12)16/h11-14,16H,2-10H2,1H3. The first kappa shape index (κ1) is 15.2. The summed E-state index contributed by atoms with van der Waals surface area (Å²) < 4.78 is 28.6. The maximum absolute atomic E-state index is 12.2. The van der Waals surface area contributed by atoms with Gasteiger partial charge in [0.05, 0.1) is 6.10 Å². The average Bonchev–Trinajstić information content (AvgIpc) is 2.38. The smallest absolute Gasteiger partial charge is 0.279 e. The monoisotopic (exact) mass is 290 g/mol. The predicted molar refractivity (Wildman–Crippen MR) is 74.9 cm³/mol. The molecule has 5 nitrogen and oxygen atoms in total. The molecule has 0 radical (unpaired) electrons. The molecule has 0 spiro atoms. The number of nitrogens with one attached hydrogen (secondary N) is 1. The van der Waals surface area contributed by atoms with Crippen molar-refractivity contribution >= 4 is 10.2 Å². The SMILES string of the molecule is CC1CCN(S(=O)(=O)NCC2CCCCC2O)CC1. The van der Waals surface area contributed by atoms with Crippen LogP contribution in [0.1, 0.15) is 45.4 Å². The van der Waals surface area contributed by atoms with Gasteiger partial charge in [-0.15, -0.1) is 0 Å². The zero-order valence-corrected chi connectivity index (χ0v) is 12.5. The Kier molecular flexibility index (Phi) is 5.22. The van der Waals surface area contributed by atoms with E-state index in [4.69, 9.17) is 0 Å². The summed E-state index contributed by atoms with van der Waals surface area (Å²) in [6.45, 7) is 3.76. The van der Waals surface area contributed by atoms with Gasteiger partial charge in [0.25, 0.3) is 10.2 Å². The third-order valence-corrected chi connectivity index (χ3v) is 6.06. The van der Waals surface area contributed by atoms with E-state index in [0.29, 0.717) is 25.6 Å². The Balaban J connectivity index is 1.83. The number of hydrogen-bond acceptors (Lipinski definition) is 3. The van der Waals surface area contributed by atoms with E-state index in [1.54, 1.807) is 4.31 Å². The van der Waals surface area contributed by atoms with E-state index in [-0.39, 0.29) is 12.0 Å². The van der Waals surface area contributed by atoms with Gasteiger partial charge in [0.2, 0.25) is 0 Å². The third kappa shape index (κ3) is 4.15. The molecular weight excluding hydrogens is 264 g/mol. The number of nitrogens with zero attached hydrogens (tertiary/aromatic N) is 1. The van der Waals surface area contributed by atoms with Crippen LogP contribution in [0.25, 0.3) is 0 Å². The second kappa shape index (κ2) is 6.52. The van der Waals surface area contributed by atoms with E-state index >= 15 is 0 Å². The van der Waals surface area contributed by atoms with Crippen molar-refractivity contribution in [3.8, 4) is 0 Å². The Morgan fingerprint density at radius 2 is 1.79 bits per heavy atom. The maximum atomic E-state index is 12.2. The first-order chi connectivity index (χ1) is 8.99. The van der Waals surface area contributed by atoms with Gasteiger partial charge in [-0.25, -0.2) is 4.72 Å². The minimum atomic E-state index is -3.36. The van der Waals surface area contributed by atoms with Crippen molar-refractivity contribution in [1.82, 2.24) is 9.03 Å². The van der Waals surface area contributed by atoms with Crippen LogP contribution < -0.4 is 4.72 Å². The van der Waals surface area contributed by atoms with Crippen molar-refractivity contribution < 1.29 is 13.5 Å². The summed E-state index contributed by atoms with van der Waals surface area (Å²) in [4.78, 5) is 0. The van der Waals surface area contributed by atoms with Gasteiger partial charge < -0.3 is 5.11 Å². The fourth-order valence-electron chi connectivity index (χ4n) is 2.96. The van der Waals surface area contributed by atoms with Crippen LogP contribution in [-0.2, 0) is 10.2 Å². The number of rotatable bonds is 4. The molecule has 1 saturated heterocycles. The maximum Gasteiger partial charge on any atom is 0.279 e. The molecule has 0 aromatic carbocycles. The molecule has 0 aromatic rings. The Hall–Kier alpha value is -0.170. The first-order valence-electron chi connectivity index (χ1n) is 7.42. The summed E-state index contributed by atoms with van der Waals surface area (Å²) >= 11 is 0. The lowest BCUT2D eigenvalue weighted by molar-refractivity contribution is 0.0722. The van der Waals surface area contributed by atoms with Gasteiger partial charge in [-0.1, -0.05) is 19.8 Å². The van der Waals surface area contributed by atoms with E-state index < -0.39 is 10.2 Å². The van der Waals surface area contributed by atoms with Crippen LogP contribution >= 0.6 is 0 Å². The summed E-state index contributed by atoms with van der Waals surface area (Å²) in [5, 5.41) is 9.86. The Bertz CT molecular complexity index is 377. The van der Waals surface area contributed by atoms with E-state index in [0.717, 1.165) is 38.5 Å². The van der Waals surface area contributed by atoms with Crippen molar-refractivity contribution in [3.05, 3.63) is 0 Å². The van der Waals surface area contributed by atoms with Gasteiger partial charge in [-0.05, 0) is 37.5 Å². The van der Waals surface area contributed by atoms with E-state index in [2.05, 4.69) is 11.6 Å². The molecule has 1 heterocycles. The molecule has 1 saturated carbocycles. The summed E-state index contributed by atoms with van der Waals surface area (Å²) in [5.41, 5.74) is 0.